The molecule has 1 fully saturated rings. The molecule has 0 spiro atoms. The number of pyridine rings is 1. The second-order valence-electron chi connectivity index (χ2n) is 4.79. The number of aromatic nitrogens is 1. The molecule has 1 aromatic rings. The van der Waals surface area contributed by atoms with Gasteiger partial charge in [-0.05, 0) is 25.0 Å². The molecule has 0 unspecified atom stereocenters. The average Bonchev–Trinajstić information content (AvgIpc) is 2.92. The molecule has 2 heterocycles. The van der Waals surface area contributed by atoms with Crippen molar-refractivity contribution in [3.05, 3.63) is 29.6 Å². The van der Waals surface area contributed by atoms with E-state index in [0.29, 0.717) is 18.8 Å². The van der Waals surface area contributed by atoms with Gasteiger partial charge in [-0.1, -0.05) is 0 Å². The molecule has 118 valence electrons. The Bertz CT molecular complexity index is 566. The highest BCUT2D eigenvalue weighted by Crippen LogP contribution is 2.28. The number of alkyl halides is 3. The maximum Gasteiger partial charge on any atom is 0.417 e. The molecule has 0 amide bonds. The van der Waals surface area contributed by atoms with Gasteiger partial charge in [0, 0.05) is 37.9 Å². The number of hydrogen-bond donors (Lipinski definition) is 1. The summed E-state index contributed by atoms with van der Waals surface area (Å²) in [6.07, 6.45) is -1.72. The first-order chi connectivity index (χ1) is 9.79. The first kappa shape index (κ1) is 16.2. The zero-order chi connectivity index (χ0) is 15.5. The highest BCUT2D eigenvalue weighted by atomic mass is 32.2. The van der Waals surface area contributed by atoms with Crippen molar-refractivity contribution >= 4 is 10.2 Å². The van der Waals surface area contributed by atoms with Gasteiger partial charge in [0.05, 0.1) is 5.56 Å². The lowest BCUT2D eigenvalue weighted by Gasteiger charge is -2.15. The molecule has 9 heteroatoms. The Balaban J connectivity index is 1.86. The van der Waals surface area contributed by atoms with Crippen LogP contribution in [0.25, 0.3) is 0 Å². The van der Waals surface area contributed by atoms with Crippen molar-refractivity contribution in [1.29, 1.82) is 0 Å². The van der Waals surface area contributed by atoms with Gasteiger partial charge in [-0.3, -0.25) is 4.98 Å². The number of hydrogen-bond acceptors (Lipinski definition) is 3. The van der Waals surface area contributed by atoms with Crippen molar-refractivity contribution < 1.29 is 21.6 Å². The van der Waals surface area contributed by atoms with Crippen molar-refractivity contribution in [2.45, 2.75) is 25.4 Å². The second kappa shape index (κ2) is 6.29. The van der Waals surface area contributed by atoms with Crippen LogP contribution in [0.1, 0.15) is 24.1 Å². The standard InChI is InChI=1S/C12H16F3N3O2S/c13-12(14,15)10-3-4-11(16-9-10)5-6-17-21(19,20)18-7-1-2-8-18/h3-4,9,17H,1-2,5-8H2. The van der Waals surface area contributed by atoms with Gasteiger partial charge in [-0.15, -0.1) is 0 Å². The Labute approximate surface area is 121 Å². The fourth-order valence-corrected chi connectivity index (χ4v) is 3.35. The van der Waals surface area contributed by atoms with E-state index in [9.17, 15) is 21.6 Å². The zero-order valence-corrected chi connectivity index (χ0v) is 12.0. The Hall–Kier alpha value is -1.19. The summed E-state index contributed by atoms with van der Waals surface area (Å²) in [5.74, 6) is 0. The monoisotopic (exact) mass is 323 g/mol. The smallest absolute Gasteiger partial charge is 0.261 e. The van der Waals surface area contributed by atoms with Gasteiger partial charge in [0.25, 0.3) is 10.2 Å². The molecule has 0 atom stereocenters. The second-order valence-corrected chi connectivity index (χ2v) is 6.55. The van der Waals surface area contributed by atoms with Gasteiger partial charge in [0.2, 0.25) is 0 Å². The average molecular weight is 323 g/mol. The predicted octanol–water partition coefficient (Wildman–Crippen LogP) is 1.57. The first-order valence-electron chi connectivity index (χ1n) is 6.56. The van der Waals surface area contributed by atoms with Crippen LogP contribution in [0.4, 0.5) is 13.2 Å². The molecule has 1 saturated heterocycles. The number of nitrogens with one attached hydrogen (secondary N) is 1. The van der Waals surface area contributed by atoms with Crippen LogP contribution in [0, 0.1) is 0 Å². The van der Waals surface area contributed by atoms with E-state index < -0.39 is 21.9 Å². The first-order valence-corrected chi connectivity index (χ1v) is 8.00. The number of rotatable bonds is 5. The fraction of sp³-hybridized carbons (Fsp3) is 0.583. The maximum absolute atomic E-state index is 12.4. The summed E-state index contributed by atoms with van der Waals surface area (Å²) in [6.45, 7) is 1.12. The lowest BCUT2D eigenvalue weighted by atomic mass is 10.2. The van der Waals surface area contributed by atoms with Crippen molar-refractivity contribution in [3.8, 4) is 0 Å². The maximum atomic E-state index is 12.4. The van der Waals surface area contributed by atoms with Gasteiger partial charge >= 0.3 is 6.18 Å². The van der Waals surface area contributed by atoms with E-state index in [1.54, 1.807) is 0 Å². The third-order valence-corrected chi connectivity index (χ3v) is 4.84. The van der Waals surface area contributed by atoms with Crippen molar-refractivity contribution in [1.82, 2.24) is 14.0 Å². The minimum atomic E-state index is -4.41. The fourth-order valence-electron chi connectivity index (χ4n) is 2.07. The molecule has 1 aromatic heterocycles. The quantitative estimate of drug-likeness (QED) is 0.895. The third kappa shape index (κ3) is 4.39. The summed E-state index contributed by atoms with van der Waals surface area (Å²) in [4.78, 5) is 3.69. The normalized spacial score (nSPS) is 17.3. The van der Waals surface area contributed by atoms with Crippen LogP contribution in [0.2, 0.25) is 0 Å². The van der Waals surface area contributed by atoms with Crippen LogP contribution in [-0.4, -0.2) is 37.3 Å². The van der Waals surface area contributed by atoms with E-state index in [-0.39, 0.29) is 13.0 Å². The summed E-state index contributed by atoms with van der Waals surface area (Å²) in [5, 5.41) is 0. The summed E-state index contributed by atoms with van der Waals surface area (Å²) in [6, 6.07) is 2.20. The van der Waals surface area contributed by atoms with E-state index in [0.717, 1.165) is 25.1 Å². The molecule has 1 aliphatic heterocycles. The number of halogens is 3. The molecule has 0 radical (unpaired) electrons. The van der Waals surface area contributed by atoms with Crippen molar-refractivity contribution in [2.24, 2.45) is 0 Å². The van der Waals surface area contributed by atoms with Crippen LogP contribution < -0.4 is 4.72 Å². The van der Waals surface area contributed by atoms with Crippen molar-refractivity contribution in [2.75, 3.05) is 19.6 Å². The Kier molecular flexibility index (Phi) is 4.84. The minimum absolute atomic E-state index is 0.108. The van der Waals surface area contributed by atoms with Gasteiger partial charge in [0.1, 0.15) is 0 Å². The molecule has 0 saturated carbocycles. The molecule has 0 bridgehead atoms. The van der Waals surface area contributed by atoms with Crippen LogP contribution in [0.15, 0.2) is 18.3 Å². The van der Waals surface area contributed by atoms with Crippen LogP contribution in [0.5, 0.6) is 0 Å². The molecule has 1 aliphatic rings. The Morgan fingerprint density at radius 3 is 2.43 bits per heavy atom. The topological polar surface area (TPSA) is 62.3 Å². The lowest BCUT2D eigenvalue weighted by Crippen LogP contribution is -2.39. The predicted molar refractivity (Wildman–Crippen MR) is 70.7 cm³/mol. The highest BCUT2D eigenvalue weighted by molar-refractivity contribution is 7.87. The van der Waals surface area contributed by atoms with Gasteiger partial charge in [-0.25, -0.2) is 4.72 Å². The molecule has 21 heavy (non-hydrogen) atoms. The Morgan fingerprint density at radius 2 is 1.90 bits per heavy atom. The van der Waals surface area contributed by atoms with Crippen LogP contribution >= 0.6 is 0 Å². The van der Waals surface area contributed by atoms with Gasteiger partial charge in [-0.2, -0.15) is 25.9 Å². The molecular weight excluding hydrogens is 307 g/mol. The highest BCUT2D eigenvalue weighted by Gasteiger charge is 2.30. The Morgan fingerprint density at radius 1 is 1.24 bits per heavy atom. The molecule has 1 N–H and O–H groups in total. The molecule has 0 aromatic carbocycles. The van der Waals surface area contributed by atoms with Gasteiger partial charge in [0.15, 0.2) is 0 Å². The van der Waals surface area contributed by atoms with E-state index >= 15 is 0 Å². The van der Waals surface area contributed by atoms with E-state index in [2.05, 4.69) is 9.71 Å². The minimum Gasteiger partial charge on any atom is -0.261 e. The number of nitrogens with zero attached hydrogens (tertiary/aromatic N) is 2. The molecule has 0 aliphatic carbocycles. The summed E-state index contributed by atoms with van der Waals surface area (Å²) >= 11 is 0. The third-order valence-electron chi connectivity index (χ3n) is 3.22. The van der Waals surface area contributed by atoms with E-state index in [1.807, 2.05) is 0 Å². The molecule has 2 rings (SSSR count). The summed E-state index contributed by atoms with van der Waals surface area (Å²) in [7, 11) is -3.49. The van der Waals surface area contributed by atoms with Crippen LogP contribution in [-0.2, 0) is 22.8 Å². The lowest BCUT2D eigenvalue weighted by molar-refractivity contribution is -0.137. The van der Waals surface area contributed by atoms with E-state index in [1.165, 1.54) is 10.4 Å². The zero-order valence-electron chi connectivity index (χ0n) is 11.2. The van der Waals surface area contributed by atoms with Gasteiger partial charge < -0.3 is 0 Å². The largest absolute Gasteiger partial charge is 0.417 e. The summed E-state index contributed by atoms with van der Waals surface area (Å²) < 4.78 is 64.6. The van der Waals surface area contributed by atoms with Crippen LogP contribution in [0.3, 0.4) is 0 Å². The summed E-state index contributed by atoms with van der Waals surface area (Å²) in [5.41, 5.74) is -0.406. The SMILES string of the molecule is O=S(=O)(NCCc1ccc(C(F)(F)F)cn1)N1CCCC1. The molecular formula is C12H16F3N3O2S. The molecule has 5 nitrogen and oxygen atoms in total. The van der Waals surface area contributed by atoms with Crippen molar-refractivity contribution in [3.63, 3.8) is 0 Å². The van der Waals surface area contributed by atoms with E-state index in [4.69, 9.17) is 0 Å².